The molecule has 2 aromatic rings. The van der Waals surface area contributed by atoms with Crippen molar-refractivity contribution in [3.63, 3.8) is 0 Å². The maximum atomic E-state index is 10.9. The van der Waals surface area contributed by atoms with Crippen LogP contribution in [0.15, 0.2) is 22.7 Å². The van der Waals surface area contributed by atoms with E-state index in [2.05, 4.69) is 14.7 Å². The van der Waals surface area contributed by atoms with Crippen LogP contribution in [-0.2, 0) is 9.53 Å². The maximum Gasteiger partial charge on any atom is 0.316 e. The van der Waals surface area contributed by atoms with Crippen molar-refractivity contribution in [3.8, 4) is 0 Å². The zero-order chi connectivity index (χ0) is 10.7. The molecule has 0 amide bonds. The highest BCUT2D eigenvalue weighted by Gasteiger charge is 2.07. The van der Waals surface area contributed by atoms with E-state index in [-0.39, 0.29) is 11.7 Å². The molecule has 0 spiro atoms. The molecule has 78 valence electrons. The molecular formula is C9H8N2O2S2. The Morgan fingerprint density at radius 1 is 1.67 bits per heavy atom. The van der Waals surface area contributed by atoms with Crippen LogP contribution in [0.3, 0.4) is 0 Å². The number of fused-ring (bicyclic) bond motifs is 1. The van der Waals surface area contributed by atoms with Gasteiger partial charge in [-0.2, -0.15) is 0 Å². The molecule has 0 saturated heterocycles. The van der Waals surface area contributed by atoms with Crippen LogP contribution in [-0.4, -0.2) is 28.8 Å². The molecule has 15 heavy (non-hydrogen) atoms. The Balaban J connectivity index is 2.12. The van der Waals surface area contributed by atoms with Gasteiger partial charge in [0, 0.05) is 6.20 Å². The number of rotatable bonds is 3. The third-order valence-electron chi connectivity index (χ3n) is 1.69. The number of thiazole rings is 1. The molecule has 0 N–H and O–H groups in total. The minimum Gasteiger partial charge on any atom is -0.468 e. The number of thioether (sulfide) groups is 1. The summed E-state index contributed by atoms with van der Waals surface area (Å²) in [6.45, 7) is 0. The Hall–Kier alpha value is -1.14. The molecule has 0 aliphatic heterocycles. The van der Waals surface area contributed by atoms with Crippen LogP contribution in [0.2, 0.25) is 0 Å². The normalized spacial score (nSPS) is 10.5. The second-order valence-corrected chi connectivity index (χ2v) is 4.92. The highest BCUT2D eigenvalue weighted by molar-refractivity contribution is 8.01. The van der Waals surface area contributed by atoms with Gasteiger partial charge in [-0.15, -0.1) is 11.3 Å². The quantitative estimate of drug-likeness (QED) is 0.606. The Morgan fingerprint density at radius 2 is 2.53 bits per heavy atom. The summed E-state index contributed by atoms with van der Waals surface area (Å²) in [5.41, 5.74) is 0.731. The van der Waals surface area contributed by atoms with E-state index >= 15 is 0 Å². The molecule has 6 heteroatoms. The van der Waals surface area contributed by atoms with E-state index in [1.165, 1.54) is 30.2 Å². The summed E-state index contributed by atoms with van der Waals surface area (Å²) in [5.74, 6) is 0.0447. The third kappa shape index (κ3) is 2.45. The Kier molecular flexibility index (Phi) is 3.17. The molecule has 2 rings (SSSR count). The van der Waals surface area contributed by atoms with Crippen LogP contribution in [0.4, 0.5) is 0 Å². The van der Waals surface area contributed by atoms with Gasteiger partial charge in [-0.05, 0) is 12.1 Å². The monoisotopic (exact) mass is 240 g/mol. The molecule has 0 bridgehead atoms. The number of hydrogen-bond acceptors (Lipinski definition) is 6. The van der Waals surface area contributed by atoms with Gasteiger partial charge in [-0.1, -0.05) is 11.8 Å². The minimum absolute atomic E-state index is 0.243. The third-order valence-corrected chi connectivity index (χ3v) is 3.81. The topological polar surface area (TPSA) is 52.1 Å². The number of carbonyl (C=O) groups excluding carboxylic acids is 1. The zero-order valence-electron chi connectivity index (χ0n) is 7.97. The van der Waals surface area contributed by atoms with Crippen molar-refractivity contribution < 1.29 is 9.53 Å². The SMILES string of the molecule is COC(=O)CSc1nc2ncccc2s1. The van der Waals surface area contributed by atoms with E-state index in [9.17, 15) is 4.79 Å². The first-order valence-electron chi connectivity index (χ1n) is 4.21. The van der Waals surface area contributed by atoms with Crippen LogP contribution < -0.4 is 0 Å². The van der Waals surface area contributed by atoms with Crippen molar-refractivity contribution in [1.29, 1.82) is 0 Å². The highest BCUT2D eigenvalue weighted by atomic mass is 32.2. The molecule has 0 radical (unpaired) electrons. The predicted molar refractivity (Wildman–Crippen MR) is 60.2 cm³/mol. The van der Waals surface area contributed by atoms with E-state index in [4.69, 9.17) is 0 Å². The highest BCUT2D eigenvalue weighted by Crippen LogP contribution is 2.27. The molecule has 0 saturated carbocycles. The molecule has 0 atom stereocenters. The van der Waals surface area contributed by atoms with Crippen molar-refractivity contribution in [2.75, 3.05) is 12.9 Å². The van der Waals surface area contributed by atoms with E-state index in [1.807, 2.05) is 12.1 Å². The first-order valence-corrected chi connectivity index (χ1v) is 6.01. The van der Waals surface area contributed by atoms with Gasteiger partial charge in [0.1, 0.15) is 0 Å². The zero-order valence-corrected chi connectivity index (χ0v) is 9.60. The summed E-state index contributed by atoms with van der Waals surface area (Å²) in [6.07, 6.45) is 1.71. The number of aromatic nitrogens is 2. The van der Waals surface area contributed by atoms with E-state index in [0.717, 1.165) is 14.7 Å². The second-order valence-electron chi connectivity index (χ2n) is 2.67. The molecule has 4 nitrogen and oxygen atoms in total. The number of methoxy groups -OCH3 is 1. The fraction of sp³-hybridized carbons (Fsp3) is 0.222. The summed E-state index contributed by atoms with van der Waals surface area (Å²) >= 11 is 2.90. The molecule has 0 unspecified atom stereocenters. The molecular weight excluding hydrogens is 232 g/mol. The number of esters is 1. The van der Waals surface area contributed by atoms with Gasteiger partial charge in [0.05, 0.1) is 17.6 Å². The summed E-state index contributed by atoms with van der Waals surface area (Å²) < 4.78 is 6.42. The fourth-order valence-corrected chi connectivity index (χ4v) is 2.84. The number of nitrogens with zero attached hydrogens (tertiary/aromatic N) is 2. The Bertz CT molecular complexity index is 451. The van der Waals surface area contributed by atoms with Crippen molar-refractivity contribution >= 4 is 39.4 Å². The van der Waals surface area contributed by atoms with Gasteiger partial charge in [-0.25, -0.2) is 9.97 Å². The van der Waals surface area contributed by atoms with E-state index < -0.39 is 0 Å². The van der Waals surface area contributed by atoms with Gasteiger partial charge in [0.15, 0.2) is 9.99 Å². The van der Waals surface area contributed by atoms with Crippen molar-refractivity contribution in [2.45, 2.75) is 4.34 Å². The maximum absolute atomic E-state index is 10.9. The number of hydrogen-bond donors (Lipinski definition) is 0. The van der Waals surface area contributed by atoms with Crippen molar-refractivity contribution in [1.82, 2.24) is 9.97 Å². The van der Waals surface area contributed by atoms with Gasteiger partial charge in [-0.3, -0.25) is 4.79 Å². The van der Waals surface area contributed by atoms with Crippen LogP contribution >= 0.6 is 23.1 Å². The summed E-state index contributed by atoms with van der Waals surface area (Å²) in [6, 6.07) is 3.83. The van der Waals surface area contributed by atoms with Crippen molar-refractivity contribution in [3.05, 3.63) is 18.3 Å². The second kappa shape index (κ2) is 4.59. The molecule has 2 heterocycles. The lowest BCUT2D eigenvalue weighted by atomic mass is 10.5. The minimum atomic E-state index is -0.243. The standard InChI is InChI=1S/C9H8N2O2S2/c1-13-7(12)5-14-9-11-8-6(15-9)3-2-4-10-8/h2-4H,5H2,1H3. The average molecular weight is 240 g/mol. The van der Waals surface area contributed by atoms with E-state index in [0.29, 0.717) is 0 Å². The number of pyridine rings is 1. The smallest absolute Gasteiger partial charge is 0.316 e. The average Bonchev–Trinajstić information content (AvgIpc) is 2.68. The Labute approximate surface area is 94.7 Å². The van der Waals surface area contributed by atoms with Crippen molar-refractivity contribution in [2.24, 2.45) is 0 Å². The molecule has 0 aliphatic rings. The number of ether oxygens (including phenoxy) is 1. The lowest BCUT2D eigenvalue weighted by Crippen LogP contribution is -2.02. The van der Waals surface area contributed by atoms with Crippen LogP contribution in [0, 0.1) is 0 Å². The largest absolute Gasteiger partial charge is 0.468 e. The van der Waals surface area contributed by atoms with Crippen LogP contribution in [0.1, 0.15) is 0 Å². The van der Waals surface area contributed by atoms with Gasteiger partial charge >= 0.3 is 5.97 Å². The predicted octanol–water partition coefficient (Wildman–Crippen LogP) is 1.96. The molecule has 0 aliphatic carbocycles. The molecule has 0 aromatic carbocycles. The van der Waals surface area contributed by atoms with Gasteiger partial charge in [0.25, 0.3) is 0 Å². The van der Waals surface area contributed by atoms with E-state index in [1.54, 1.807) is 6.20 Å². The lowest BCUT2D eigenvalue weighted by molar-refractivity contribution is -0.137. The Morgan fingerprint density at radius 3 is 3.27 bits per heavy atom. The fourth-order valence-electron chi connectivity index (χ4n) is 0.991. The van der Waals surface area contributed by atoms with Gasteiger partial charge < -0.3 is 4.74 Å². The summed E-state index contributed by atoms with van der Waals surface area (Å²) in [5, 5.41) is 0. The lowest BCUT2D eigenvalue weighted by Gasteiger charge is -1.94. The van der Waals surface area contributed by atoms with Crippen LogP contribution in [0.5, 0.6) is 0 Å². The summed E-state index contributed by atoms with van der Waals surface area (Å²) in [4.78, 5) is 19.3. The van der Waals surface area contributed by atoms with Gasteiger partial charge in [0.2, 0.25) is 0 Å². The summed E-state index contributed by atoms with van der Waals surface area (Å²) in [7, 11) is 1.38. The number of carbonyl (C=O) groups is 1. The first kappa shape index (κ1) is 10.4. The first-order chi connectivity index (χ1) is 7.29. The van der Waals surface area contributed by atoms with Crippen LogP contribution in [0.25, 0.3) is 10.3 Å². The molecule has 0 fully saturated rings. The molecule has 2 aromatic heterocycles.